The van der Waals surface area contributed by atoms with Gasteiger partial charge in [0, 0.05) is 17.8 Å². The molecule has 7 nitrogen and oxygen atoms in total. The van der Waals surface area contributed by atoms with E-state index in [1.54, 1.807) is 24.3 Å². The number of carbonyl (C=O) groups is 1. The molecular weight excluding hydrogens is 380 g/mol. The number of carbonyl (C=O) groups excluding carboxylic acids is 1. The van der Waals surface area contributed by atoms with Crippen molar-refractivity contribution in [2.75, 3.05) is 24.9 Å². The van der Waals surface area contributed by atoms with Crippen molar-refractivity contribution in [1.29, 1.82) is 0 Å². The molecule has 0 fully saturated rings. The van der Waals surface area contributed by atoms with Crippen molar-refractivity contribution in [2.45, 2.75) is 6.92 Å². The molecule has 0 aliphatic heterocycles. The maximum absolute atomic E-state index is 12.5. The number of aromatic nitrogens is 2. The molecule has 1 heterocycles. The minimum Gasteiger partial charge on any atom is -0.495 e. The largest absolute Gasteiger partial charge is 0.495 e. The van der Waals surface area contributed by atoms with Gasteiger partial charge in [0.1, 0.15) is 11.5 Å². The van der Waals surface area contributed by atoms with Crippen molar-refractivity contribution >= 4 is 34.7 Å². The summed E-state index contributed by atoms with van der Waals surface area (Å²) in [4.78, 5) is 12.5. The van der Waals surface area contributed by atoms with E-state index in [-0.39, 0.29) is 5.69 Å². The lowest BCUT2D eigenvalue weighted by molar-refractivity contribution is 0.102. The van der Waals surface area contributed by atoms with Crippen LogP contribution in [-0.4, -0.2) is 30.3 Å². The highest BCUT2D eigenvalue weighted by molar-refractivity contribution is 6.32. The van der Waals surface area contributed by atoms with Crippen LogP contribution in [0.2, 0.25) is 5.02 Å². The van der Waals surface area contributed by atoms with E-state index in [2.05, 4.69) is 20.8 Å². The van der Waals surface area contributed by atoms with Gasteiger partial charge in [-0.3, -0.25) is 4.79 Å². The topological polar surface area (TPSA) is 85.4 Å². The Bertz CT molecular complexity index is 976. The summed E-state index contributed by atoms with van der Waals surface area (Å²) in [6.45, 7) is 2.02. The molecular formula is C20H19ClN4O3. The van der Waals surface area contributed by atoms with Crippen molar-refractivity contribution in [2.24, 2.45) is 0 Å². The molecule has 3 rings (SSSR count). The van der Waals surface area contributed by atoms with E-state index in [1.807, 2.05) is 31.2 Å². The fraction of sp³-hybridized carbons (Fsp3) is 0.150. The molecule has 28 heavy (non-hydrogen) atoms. The van der Waals surface area contributed by atoms with Crippen LogP contribution in [0.15, 0.2) is 48.5 Å². The predicted octanol–water partition coefficient (Wildman–Crippen LogP) is 4.45. The number of hydrogen-bond donors (Lipinski definition) is 2. The van der Waals surface area contributed by atoms with Crippen LogP contribution in [0.5, 0.6) is 11.5 Å². The van der Waals surface area contributed by atoms with Gasteiger partial charge in [-0.2, -0.15) is 0 Å². The van der Waals surface area contributed by atoms with E-state index in [9.17, 15) is 4.79 Å². The summed E-state index contributed by atoms with van der Waals surface area (Å²) < 4.78 is 10.4. The minimum atomic E-state index is -0.433. The fourth-order valence-electron chi connectivity index (χ4n) is 2.45. The van der Waals surface area contributed by atoms with Gasteiger partial charge in [-0.05, 0) is 31.2 Å². The van der Waals surface area contributed by atoms with Gasteiger partial charge in [0.2, 0.25) is 0 Å². The highest BCUT2D eigenvalue weighted by Crippen LogP contribution is 2.36. The molecule has 0 saturated heterocycles. The van der Waals surface area contributed by atoms with Crippen LogP contribution in [0.1, 0.15) is 16.1 Å². The Balaban J connectivity index is 1.74. The van der Waals surface area contributed by atoms with E-state index >= 15 is 0 Å². The first kappa shape index (κ1) is 19.4. The molecule has 1 aromatic heterocycles. The molecule has 1 amide bonds. The maximum Gasteiger partial charge on any atom is 0.276 e. The molecule has 2 N–H and O–H groups in total. The second-order valence-corrected chi connectivity index (χ2v) is 6.34. The SMILES string of the molecule is COc1cc(NC(=O)c2ccc(Nc3ccc(C)cc3)nn2)c(OC)cc1Cl. The van der Waals surface area contributed by atoms with Crippen LogP contribution < -0.4 is 20.1 Å². The Labute approximate surface area is 167 Å². The number of hydrogen-bond acceptors (Lipinski definition) is 6. The Kier molecular flexibility index (Phi) is 5.96. The number of benzene rings is 2. The Hall–Kier alpha value is -3.32. The van der Waals surface area contributed by atoms with Gasteiger partial charge in [-0.15, -0.1) is 10.2 Å². The number of methoxy groups -OCH3 is 2. The molecule has 144 valence electrons. The average Bonchev–Trinajstić information content (AvgIpc) is 2.71. The third kappa shape index (κ3) is 4.50. The Morgan fingerprint density at radius 2 is 1.68 bits per heavy atom. The zero-order valence-electron chi connectivity index (χ0n) is 15.6. The number of anilines is 3. The first-order valence-electron chi connectivity index (χ1n) is 8.40. The lowest BCUT2D eigenvalue weighted by Gasteiger charge is -2.13. The van der Waals surface area contributed by atoms with Crippen molar-refractivity contribution in [1.82, 2.24) is 10.2 Å². The number of nitrogens with zero attached hydrogens (tertiary/aromatic N) is 2. The van der Waals surface area contributed by atoms with Crippen molar-refractivity contribution < 1.29 is 14.3 Å². The van der Waals surface area contributed by atoms with Gasteiger partial charge >= 0.3 is 0 Å². The second kappa shape index (κ2) is 8.58. The molecule has 0 atom stereocenters. The maximum atomic E-state index is 12.5. The average molecular weight is 399 g/mol. The van der Waals surface area contributed by atoms with E-state index in [0.717, 1.165) is 11.3 Å². The van der Waals surface area contributed by atoms with Crippen LogP contribution in [0, 0.1) is 6.92 Å². The summed E-state index contributed by atoms with van der Waals surface area (Å²) in [5.74, 6) is 0.925. The predicted molar refractivity (Wildman–Crippen MR) is 109 cm³/mol. The molecule has 0 saturated carbocycles. The third-order valence-corrected chi connectivity index (χ3v) is 4.24. The summed E-state index contributed by atoms with van der Waals surface area (Å²) >= 11 is 6.08. The summed E-state index contributed by atoms with van der Waals surface area (Å²) in [7, 11) is 2.98. The summed E-state index contributed by atoms with van der Waals surface area (Å²) in [5.41, 5.74) is 2.62. The number of aryl methyl sites for hydroxylation is 1. The van der Waals surface area contributed by atoms with Gasteiger partial charge < -0.3 is 20.1 Å². The van der Waals surface area contributed by atoms with Crippen molar-refractivity contribution in [3.63, 3.8) is 0 Å². The van der Waals surface area contributed by atoms with Gasteiger partial charge in [0.25, 0.3) is 5.91 Å². The van der Waals surface area contributed by atoms with Crippen LogP contribution in [0.25, 0.3) is 0 Å². The Morgan fingerprint density at radius 3 is 2.29 bits per heavy atom. The third-order valence-electron chi connectivity index (χ3n) is 3.94. The van der Waals surface area contributed by atoms with Crippen LogP contribution in [0.4, 0.5) is 17.2 Å². The first-order chi connectivity index (χ1) is 13.5. The van der Waals surface area contributed by atoms with Gasteiger partial charge in [-0.1, -0.05) is 29.3 Å². The normalized spacial score (nSPS) is 10.3. The van der Waals surface area contributed by atoms with Crippen LogP contribution in [-0.2, 0) is 0 Å². The monoisotopic (exact) mass is 398 g/mol. The standard InChI is InChI=1S/C20H19ClN4O3/c1-12-4-6-13(7-5-12)22-19-9-8-15(24-25-19)20(26)23-16-11-17(27-2)14(21)10-18(16)28-3/h4-11H,1-3H3,(H,22,25)(H,23,26). The Morgan fingerprint density at radius 1 is 0.964 bits per heavy atom. The number of ether oxygens (including phenoxy) is 2. The minimum absolute atomic E-state index is 0.158. The summed E-state index contributed by atoms with van der Waals surface area (Å²) in [6.07, 6.45) is 0. The van der Waals surface area contributed by atoms with E-state index in [4.69, 9.17) is 21.1 Å². The van der Waals surface area contributed by atoms with E-state index in [1.165, 1.54) is 14.2 Å². The van der Waals surface area contributed by atoms with Crippen LogP contribution >= 0.6 is 11.6 Å². The van der Waals surface area contributed by atoms with Gasteiger partial charge in [-0.25, -0.2) is 0 Å². The lowest BCUT2D eigenvalue weighted by Crippen LogP contribution is -2.15. The van der Waals surface area contributed by atoms with E-state index in [0.29, 0.717) is 28.0 Å². The van der Waals surface area contributed by atoms with Crippen molar-refractivity contribution in [3.05, 3.63) is 64.8 Å². The summed E-state index contributed by atoms with van der Waals surface area (Å²) in [6, 6.07) is 14.3. The smallest absolute Gasteiger partial charge is 0.276 e. The number of amides is 1. The quantitative estimate of drug-likeness (QED) is 0.638. The number of halogens is 1. The number of rotatable bonds is 6. The van der Waals surface area contributed by atoms with E-state index < -0.39 is 5.91 Å². The molecule has 2 aromatic carbocycles. The number of nitrogens with one attached hydrogen (secondary N) is 2. The molecule has 3 aromatic rings. The zero-order valence-corrected chi connectivity index (χ0v) is 16.4. The lowest BCUT2D eigenvalue weighted by atomic mass is 10.2. The molecule has 0 unspecified atom stereocenters. The van der Waals surface area contributed by atoms with Crippen molar-refractivity contribution in [3.8, 4) is 11.5 Å². The zero-order chi connectivity index (χ0) is 20.1. The molecule has 0 spiro atoms. The van der Waals surface area contributed by atoms with Crippen LogP contribution in [0.3, 0.4) is 0 Å². The first-order valence-corrected chi connectivity index (χ1v) is 8.78. The molecule has 8 heteroatoms. The highest BCUT2D eigenvalue weighted by Gasteiger charge is 2.15. The highest BCUT2D eigenvalue weighted by atomic mass is 35.5. The molecule has 0 bridgehead atoms. The molecule has 0 aliphatic carbocycles. The molecule has 0 radical (unpaired) electrons. The summed E-state index contributed by atoms with van der Waals surface area (Å²) in [5, 5.41) is 14.3. The fourth-order valence-corrected chi connectivity index (χ4v) is 2.68. The van der Waals surface area contributed by atoms with Gasteiger partial charge in [0.15, 0.2) is 11.5 Å². The second-order valence-electron chi connectivity index (χ2n) is 5.94. The molecule has 0 aliphatic rings. The van der Waals surface area contributed by atoms with Gasteiger partial charge in [0.05, 0.1) is 24.9 Å².